The summed E-state index contributed by atoms with van der Waals surface area (Å²) in [4.78, 5) is 11.7. The lowest BCUT2D eigenvalue weighted by molar-refractivity contribution is -0.122. The molecule has 1 saturated carbocycles. The molecule has 1 aliphatic carbocycles. The fourth-order valence-electron chi connectivity index (χ4n) is 2.50. The summed E-state index contributed by atoms with van der Waals surface area (Å²) in [6, 6.07) is 19.0. The maximum absolute atomic E-state index is 11.7. The van der Waals surface area contributed by atoms with Gasteiger partial charge in [0.25, 0.3) is 0 Å². The van der Waals surface area contributed by atoms with Crippen LogP contribution in [0.1, 0.15) is 31.2 Å². The Balaban J connectivity index is 1.61. The van der Waals surface area contributed by atoms with Crippen molar-refractivity contribution in [1.82, 2.24) is 5.32 Å². The van der Waals surface area contributed by atoms with Crippen LogP contribution in [0.5, 0.6) is 0 Å². The van der Waals surface area contributed by atoms with E-state index in [0.29, 0.717) is 5.92 Å². The summed E-state index contributed by atoms with van der Waals surface area (Å²) in [7, 11) is 0. The Hall–Kier alpha value is -2.09. The van der Waals surface area contributed by atoms with Crippen LogP contribution >= 0.6 is 0 Å². The van der Waals surface area contributed by atoms with Crippen molar-refractivity contribution in [1.29, 1.82) is 0 Å². The number of carbonyl (C=O) groups is 1. The zero-order valence-electron chi connectivity index (χ0n) is 12.4. The largest absolute Gasteiger partial charge is 0.355 e. The predicted molar refractivity (Wildman–Crippen MR) is 86.0 cm³/mol. The van der Waals surface area contributed by atoms with E-state index >= 15 is 0 Å². The second-order valence-electron chi connectivity index (χ2n) is 5.91. The van der Waals surface area contributed by atoms with Crippen molar-refractivity contribution >= 4 is 5.91 Å². The van der Waals surface area contributed by atoms with Gasteiger partial charge in [0.2, 0.25) is 5.91 Å². The number of rotatable bonds is 5. The molecule has 2 aromatic carbocycles. The van der Waals surface area contributed by atoms with Gasteiger partial charge in [-0.2, -0.15) is 0 Å². The molecular weight excluding hydrogens is 258 g/mol. The molecule has 1 amide bonds. The third kappa shape index (κ3) is 3.52. The average Bonchev–Trinajstić information content (AvgIpc) is 3.38. The van der Waals surface area contributed by atoms with Gasteiger partial charge in [-0.15, -0.1) is 0 Å². The smallest absolute Gasteiger partial charge is 0.223 e. The second kappa shape index (κ2) is 6.13. The van der Waals surface area contributed by atoms with E-state index in [1.807, 2.05) is 6.07 Å². The molecule has 0 aliphatic heterocycles. The van der Waals surface area contributed by atoms with Crippen molar-refractivity contribution in [2.24, 2.45) is 5.92 Å². The fraction of sp³-hybridized carbons (Fsp3) is 0.316. The summed E-state index contributed by atoms with van der Waals surface area (Å²) >= 11 is 0. The summed E-state index contributed by atoms with van der Waals surface area (Å²) in [5, 5.41) is 3.05. The summed E-state index contributed by atoms with van der Waals surface area (Å²) in [6.07, 6.45) is 2.12. The number of benzene rings is 2. The minimum absolute atomic E-state index is 0.225. The van der Waals surface area contributed by atoms with Gasteiger partial charge in [-0.1, -0.05) is 61.5 Å². The van der Waals surface area contributed by atoms with Crippen LogP contribution in [0.15, 0.2) is 54.6 Å². The second-order valence-corrected chi connectivity index (χ2v) is 5.91. The van der Waals surface area contributed by atoms with Crippen LogP contribution in [-0.4, -0.2) is 12.5 Å². The molecule has 1 fully saturated rings. The Morgan fingerprint density at radius 3 is 2.29 bits per heavy atom. The number of carbonyl (C=O) groups excluding carboxylic acids is 1. The summed E-state index contributed by atoms with van der Waals surface area (Å²) in [6.45, 7) is 2.88. The van der Waals surface area contributed by atoms with Crippen LogP contribution in [0, 0.1) is 5.92 Å². The molecule has 108 valence electrons. The van der Waals surface area contributed by atoms with E-state index in [2.05, 4.69) is 60.8 Å². The van der Waals surface area contributed by atoms with Gasteiger partial charge in [-0.25, -0.2) is 0 Å². The first-order valence-corrected chi connectivity index (χ1v) is 7.67. The van der Waals surface area contributed by atoms with Crippen LogP contribution < -0.4 is 5.32 Å². The zero-order valence-corrected chi connectivity index (χ0v) is 12.4. The van der Waals surface area contributed by atoms with Crippen molar-refractivity contribution < 1.29 is 4.79 Å². The molecule has 0 bridgehead atoms. The zero-order chi connectivity index (χ0) is 14.7. The molecule has 1 atom stereocenters. The normalized spacial score (nSPS) is 15.5. The third-order valence-electron chi connectivity index (χ3n) is 4.12. The van der Waals surface area contributed by atoms with Gasteiger partial charge in [0.15, 0.2) is 0 Å². The first-order valence-electron chi connectivity index (χ1n) is 7.67. The van der Waals surface area contributed by atoms with Gasteiger partial charge in [0.1, 0.15) is 0 Å². The minimum Gasteiger partial charge on any atom is -0.355 e. The molecule has 2 nitrogen and oxygen atoms in total. The monoisotopic (exact) mass is 279 g/mol. The lowest BCUT2D eigenvalue weighted by Gasteiger charge is -2.13. The van der Waals surface area contributed by atoms with Gasteiger partial charge in [0.05, 0.1) is 0 Å². The van der Waals surface area contributed by atoms with Crippen molar-refractivity contribution in [3.8, 4) is 11.1 Å². The van der Waals surface area contributed by atoms with E-state index in [0.717, 1.165) is 19.4 Å². The Morgan fingerprint density at radius 1 is 1.05 bits per heavy atom. The molecule has 0 saturated heterocycles. The van der Waals surface area contributed by atoms with Gasteiger partial charge >= 0.3 is 0 Å². The molecule has 21 heavy (non-hydrogen) atoms. The summed E-state index contributed by atoms with van der Waals surface area (Å²) in [5.74, 6) is 0.859. The van der Waals surface area contributed by atoms with E-state index in [9.17, 15) is 4.79 Å². The molecule has 1 N–H and O–H groups in total. The molecular formula is C19H21NO. The van der Waals surface area contributed by atoms with Crippen molar-refractivity contribution in [2.45, 2.75) is 25.7 Å². The summed E-state index contributed by atoms with van der Waals surface area (Å²) in [5.41, 5.74) is 3.73. The molecule has 0 heterocycles. The van der Waals surface area contributed by atoms with Gasteiger partial charge in [-0.05, 0) is 35.4 Å². The highest BCUT2D eigenvalue weighted by Gasteiger charge is 2.29. The first kappa shape index (κ1) is 13.9. The fourth-order valence-corrected chi connectivity index (χ4v) is 2.50. The Morgan fingerprint density at radius 2 is 1.67 bits per heavy atom. The third-order valence-corrected chi connectivity index (χ3v) is 4.12. The number of nitrogens with one attached hydrogen (secondary N) is 1. The standard InChI is InChI=1S/C19H21NO/c1-14(13-20-19(21)18-11-12-18)15-7-9-17(10-8-15)16-5-3-2-4-6-16/h2-10,14,18H,11-13H2,1H3,(H,20,21). The van der Waals surface area contributed by atoms with Crippen LogP contribution in [0.3, 0.4) is 0 Å². The van der Waals surface area contributed by atoms with Crippen LogP contribution in [0.4, 0.5) is 0 Å². The van der Waals surface area contributed by atoms with Crippen molar-refractivity contribution in [2.75, 3.05) is 6.54 Å². The Labute approximate surface area is 126 Å². The highest BCUT2D eigenvalue weighted by Crippen LogP contribution is 2.29. The number of amides is 1. The lowest BCUT2D eigenvalue weighted by Crippen LogP contribution is -2.28. The first-order chi connectivity index (χ1) is 10.2. The number of hydrogen-bond acceptors (Lipinski definition) is 1. The average molecular weight is 279 g/mol. The van der Waals surface area contributed by atoms with E-state index < -0.39 is 0 Å². The molecule has 0 aromatic heterocycles. The van der Waals surface area contributed by atoms with Crippen LogP contribution in [-0.2, 0) is 4.79 Å². The Bertz CT molecular complexity index is 599. The van der Waals surface area contributed by atoms with Crippen LogP contribution in [0.2, 0.25) is 0 Å². The molecule has 1 unspecified atom stereocenters. The van der Waals surface area contributed by atoms with Gasteiger partial charge < -0.3 is 5.32 Å². The Kier molecular flexibility index (Phi) is 4.05. The number of hydrogen-bond donors (Lipinski definition) is 1. The van der Waals surface area contributed by atoms with E-state index in [1.54, 1.807) is 0 Å². The van der Waals surface area contributed by atoms with Gasteiger partial charge in [0, 0.05) is 12.5 Å². The maximum atomic E-state index is 11.7. The van der Waals surface area contributed by atoms with E-state index in [4.69, 9.17) is 0 Å². The quantitative estimate of drug-likeness (QED) is 0.881. The molecule has 3 rings (SSSR count). The van der Waals surface area contributed by atoms with E-state index in [1.165, 1.54) is 16.7 Å². The minimum atomic E-state index is 0.225. The molecule has 0 radical (unpaired) electrons. The van der Waals surface area contributed by atoms with E-state index in [-0.39, 0.29) is 11.8 Å². The summed E-state index contributed by atoms with van der Waals surface area (Å²) < 4.78 is 0. The highest BCUT2D eigenvalue weighted by atomic mass is 16.2. The lowest BCUT2D eigenvalue weighted by atomic mass is 9.97. The van der Waals surface area contributed by atoms with Crippen molar-refractivity contribution in [3.05, 3.63) is 60.2 Å². The molecule has 2 heteroatoms. The molecule has 0 spiro atoms. The van der Waals surface area contributed by atoms with Crippen LogP contribution in [0.25, 0.3) is 11.1 Å². The SMILES string of the molecule is CC(CNC(=O)C1CC1)c1ccc(-c2ccccc2)cc1. The topological polar surface area (TPSA) is 29.1 Å². The maximum Gasteiger partial charge on any atom is 0.223 e. The molecule has 2 aromatic rings. The van der Waals surface area contributed by atoms with Gasteiger partial charge in [-0.3, -0.25) is 4.79 Å². The highest BCUT2D eigenvalue weighted by molar-refractivity contribution is 5.80. The van der Waals surface area contributed by atoms with Crippen molar-refractivity contribution in [3.63, 3.8) is 0 Å². The molecule has 1 aliphatic rings. The predicted octanol–water partition coefficient (Wildman–Crippen LogP) is 3.98.